The second-order valence-electron chi connectivity index (χ2n) is 6.13. The summed E-state index contributed by atoms with van der Waals surface area (Å²) < 4.78 is 5.82. The zero-order valence-corrected chi connectivity index (χ0v) is 12.2. The Labute approximate surface area is 108 Å². The van der Waals surface area contributed by atoms with Crippen LogP contribution in [0.25, 0.3) is 0 Å². The van der Waals surface area contributed by atoms with E-state index < -0.39 is 0 Å². The molecule has 0 bridgehead atoms. The van der Waals surface area contributed by atoms with E-state index in [-0.39, 0.29) is 0 Å². The van der Waals surface area contributed by atoms with Gasteiger partial charge in [-0.3, -0.25) is 0 Å². The van der Waals surface area contributed by atoms with Crippen LogP contribution in [0.3, 0.4) is 0 Å². The van der Waals surface area contributed by atoms with E-state index in [0.29, 0.717) is 6.10 Å². The molecule has 0 aromatic rings. The molecule has 3 unspecified atom stereocenters. The standard InChI is InChI=1S/C15H31NO/c1-12(2)11-14(4)17-10-9-16-15-8-6-5-7-13(15)3/h12-16H,5-11H2,1-4H3. The number of rotatable bonds is 7. The molecular formula is C15H31NO. The van der Waals surface area contributed by atoms with Crippen molar-refractivity contribution in [2.45, 2.75) is 71.9 Å². The number of hydrogen-bond donors (Lipinski definition) is 1. The zero-order valence-electron chi connectivity index (χ0n) is 12.2. The average molecular weight is 241 g/mol. The van der Waals surface area contributed by atoms with E-state index in [1.165, 1.54) is 32.1 Å². The van der Waals surface area contributed by atoms with Crippen molar-refractivity contribution in [3.63, 3.8) is 0 Å². The van der Waals surface area contributed by atoms with Crippen molar-refractivity contribution in [2.75, 3.05) is 13.2 Å². The van der Waals surface area contributed by atoms with Crippen LogP contribution in [0.15, 0.2) is 0 Å². The summed E-state index contributed by atoms with van der Waals surface area (Å²) in [6.07, 6.45) is 7.12. The lowest BCUT2D eigenvalue weighted by molar-refractivity contribution is 0.0511. The molecule has 0 radical (unpaired) electrons. The van der Waals surface area contributed by atoms with E-state index in [4.69, 9.17) is 4.74 Å². The van der Waals surface area contributed by atoms with E-state index in [1.807, 2.05) is 0 Å². The zero-order chi connectivity index (χ0) is 12.7. The van der Waals surface area contributed by atoms with Gasteiger partial charge in [-0.1, -0.05) is 33.6 Å². The Morgan fingerprint density at radius 1 is 1.18 bits per heavy atom. The summed E-state index contributed by atoms with van der Waals surface area (Å²) in [6.45, 7) is 10.9. The molecular weight excluding hydrogens is 210 g/mol. The Hall–Kier alpha value is -0.0800. The second-order valence-corrected chi connectivity index (χ2v) is 6.13. The first-order valence-electron chi connectivity index (χ1n) is 7.44. The molecule has 17 heavy (non-hydrogen) atoms. The third-order valence-corrected chi connectivity index (χ3v) is 3.83. The van der Waals surface area contributed by atoms with Gasteiger partial charge in [0.1, 0.15) is 0 Å². The van der Waals surface area contributed by atoms with Gasteiger partial charge in [0.05, 0.1) is 12.7 Å². The second kappa shape index (κ2) is 8.10. The van der Waals surface area contributed by atoms with Crippen molar-refractivity contribution in [3.05, 3.63) is 0 Å². The van der Waals surface area contributed by atoms with E-state index >= 15 is 0 Å². The lowest BCUT2D eigenvalue weighted by atomic mass is 9.86. The highest BCUT2D eigenvalue weighted by molar-refractivity contribution is 4.77. The smallest absolute Gasteiger partial charge is 0.0594 e. The third kappa shape index (κ3) is 6.42. The first-order valence-corrected chi connectivity index (χ1v) is 7.44. The summed E-state index contributed by atoms with van der Waals surface area (Å²) >= 11 is 0. The van der Waals surface area contributed by atoms with Gasteiger partial charge in [-0.25, -0.2) is 0 Å². The van der Waals surface area contributed by atoms with Crippen LogP contribution in [0.1, 0.15) is 59.8 Å². The minimum Gasteiger partial charge on any atom is -0.377 e. The predicted octanol–water partition coefficient (Wildman–Crippen LogP) is 3.61. The normalized spacial score (nSPS) is 27.4. The highest BCUT2D eigenvalue weighted by Crippen LogP contribution is 2.23. The van der Waals surface area contributed by atoms with Gasteiger partial charge in [-0.2, -0.15) is 0 Å². The monoisotopic (exact) mass is 241 g/mol. The van der Waals surface area contributed by atoms with Crippen LogP contribution >= 0.6 is 0 Å². The topological polar surface area (TPSA) is 21.3 Å². The molecule has 0 aliphatic heterocycles. The van der Waals surface area contributed by atoms with Crippen LogP contribution in [0.4, 0.5) is 0 Å². The molecule has 0 spiro atoms. The summed E-state index contributed by atoms with van der Waals surface area (Å²) in [5.41, 5.74) is 0. The Kier molecular flexibility index (Phi) is 7.14. The summed E-state index contributed by atoms with van der Waals surface area (Å²) in [5.74, 6) is 1.58. The first-order chi connectivity index (χ1) is 8.09. The molecule has 1 N–H and O–H groups in total. The third-order valence-electron chi connectivity index (χ3n) is 3.83. The molecule has 102 valence electrons. The maximum absolute atomic E-state index is 5.82. The lowest BCUT2D eigenvalue weighted by Gasteiger charge is -2.29. The van der Waals surface area contributed by atoms with Crippen LogP contribution in [-0.2, 0) is 4.74 Å². The molecule has 1 saturated carbocycles. The Morgan fingerprint density at radius 3 is 2.53 bits per heavy atom. The fourth-order valence-electron chi connectivity index (χ4n) is 2.86. The quantitative estimate of drug-likeness (QED) is 0.688. The highest BCUT2D eigenvalue weighted by atomic mass is 16.5. The molecule has 2 nitrogen and oxygen atoms in total. The van der Waals surface area contributed by atoms with Crippen molar-refractivity contribution in [3.8, 4) is 0 Å². The van der Waals surface area contributed by atoms with Gasteiger partial charge >= 0.3 is 0 Å². The molecule has 2 heteroatoms. The minimum atomic E-state index is 0.403. The average Bonchev–Trinajstić information content (AvgIpc) is 2.25. The number of ether oxygens (including phenoxy) is 1. The summed E-state index contributed by atoms with van der Waals surface area (Å²) in [4.78, 5) is 0. The molecule has 1 rings (SSSR count). The van der Waals surface area contributed by atoms with E-state index in [9.17, 15) is 0 Å². The van der Waals surface area contributed by atoms with Gasteiger partial charge in [0.15, 0.2) is 0 Å². The molecule has 0 aromatic heterocycles. The van der Waals surface area contributed by atoms with Gasteiger partial charge < -0.3 is 10.1 Å². The summed E-state index contributed by atoms with van der Waals surface area (Å²) in [6, 6.07) is 0.729. The summed E-state index contributed by atoms with van der Waals surface area (Å²) in [7, 11) is 0. The van der Waals surface area contributed by atoms with Crippen LogP contribution < -0.4 is 5.32 Å². The Morgan fingerprint density at radius 2 is 1.88 bits per heavy atom. The minimum absolute atomic E-state index is 0.403. The molecule has 1 fully saturated rings. The molecule has 0 amide bonds. The maximum atomic E-state index is 5.82. The van der Waals surface area contributed by atoms with Crippen molar-refractivity contribution in [2.24, 2.45) is 11.8 Å². The van der Waals surface area contributed by atoms with Crippen LogP contribution in [-0.4, -0.2) is 25.3 Å². The van der Waals surface area contributed by atoms with Gasteiger partial charge in [0.25, 0.3) is 0 Å². The first kappa shape index (κ1) is 15.0. The molecule has 1 aliphatic carbocycles. The van der Waals surface area contributed by atoms with Crippen molar-refractivity contribution in [1.29, 1.82) is 0 Å². The van der Waals surface area contributed by atoms with Gasteiger partial charge in [0, 0.05) is 12.6 Å². The molecule has 3 atom stereocenters. The highest BCUT2D eigenvalue weighted by Gasteiger charge is 2.20. The fraction of sp³-hybridized carbons (Fsp3) is 1.00. The van der Waals surface area contributed by atoms with Crippen LogP contribution in [0.2, 0.25) is 0 Å². The van der Waals surface area contributed by atoms with Gasteiger partial charge in [-0.15, -0.1) is 0 Å². The van der Waals surface area contributed by atoms with E-state index in [2.05, 4.69) is 33.0 Å². The molecule has 0 aromatic carbocycles. The Balaban J connectivity index is 2.03. The molecule has 1 aliphatic rings. The van der Waals surface area contributed by atoms with Gasteiger partial charge in [-0.05, 0) is 38.0 Å². The molecule has 0 saturated heterocycles. The fourth-order valence-corrected chi connectivity index (χ4v) is 2.86. The molecule has 0 heterocycles. The number of nitrogens with one attached hydrogen (secondary N) is 1. The van der Waals surface area contributed by atoms with Crippen molar-refractivity contribution < 1.29 is 4.74 Å². The van der Waals surface area contributed by atoms with Crippen LogP contribution in [0, 0.1) is 11.8 Å². The lowest BCUT2D eigenvalue weighted by Crippen LogP contribution is -2.39. The van der Waals surface area contributed by atoms with Crippen molar-refractivity contribution >= 4 is 0 Å². The number of hydrogen-bond acceptors (Lipinski definition) is 2. The van der Waals surface area contributed by atoms with E-state index in [1.54, 1.807) is 0 Å². The Bertz CT molecular complexity index is 193. The van der Waals surface area contributed by atoms with Gasteiger partial charge in [0.2, 0.25) is 0 Å². The van der Waals surface area contributed by atoms with Crippen molar-refractivity contribution in [1.82, 2.24) is 5.32 Å². The predicted molar refractivity (Wildman–Crippen MR) is 74.3 cm³/mol. The largest absolute Gasteiger partial charge is 0.377 e. The SMILES string of the molecule is CC(C)CC(C)OCCNC1CCCCC1C. The van der Waals surface area contributed by atoms with E-state index in [0.717, 1.165) is 31.0 Å². The maximum Gasteiger partial charge on any atom is 0.0594 e. The van der Waals surface area contributed by atoms with Crippen LogP contribution in [0.5, 0.6) is 0 Å². The summed E-state index contributed by atoms with van der Waals surface area (Å²) in [5, 5.41) is 3.66.